The highest BCUT2D eigenvalue weighted by atomic mass is 16.3. The third-order valence-corrected chi connectivity index (χ3v) is 3.43. The van der Waals surface area contributed by atoms with Gasteiger partial charge in [0.05, 0.1) is 12.2 Å². The predicted octanol–water partition coefficient (Wildman–Crippen LogP) is 1.34. The fourth-order valence-corrected chi connectivity index (χ4v) is 2.33. The Labute approximate surface area is 102 Å². The van der Waals surface area contributed by atoms with Crippen molar-refractivity contribution in [1.82, 2.24) is 4.98 Å². The molecule has 2 N–H and O–H groups in total. The van der Waals surface area contributed by atoms with Crippen LogP contribution in [0.2, 0.25) is 0 Å². The zero-order valence-electron chi connectivity index (χ0n) is 10.4. The lowest BCUT2D eigenvalue weighted by Gasteiger charge is -2.36. The molecule has 4 heteroatoms. The zero-order valence-corrected chi connectivity index (χ0v) is 10.4. The largest absolute Gasteiger partial charge is 0.393 e. The summed E-state index contributed by atoms with van der Waals surface area (Å²) in [7, 11) is 0. The maximum Gasteiger partial charge on any atom is 0.134 e. The molecule has 1 aromatic rings. The molecule has 1 saturated heterocycles. The van der Waals surface area contributed by atoms with Crippen molar-refractivity contribution in [3.05, 3.63) is 23.9 Å². The van der Waals surface area contributed by atoms with Gasteiger partial charge in [-0.3, -0.25) is 0 Å². The van der Waals surface area contributed by atoms with E-state index in [1.165, 1.54) is 0 Å². The van der Waals surface area contributed by atoms with Crippen LogP contribution in [0.1, 0.15) is 31.9 Å². The molecule has 4 nitrogen and oxygen atoms in total. The highest BCUT2D eigenvalue weighted by Gasteiger charge is 2.26. The molecular weight excluding hydrogens is 216 g/mol. The summed E-state index contributed by atoms with van der Waals surface area (Å²) in [5.74, 6) is 1.09. The predicted molar refractivity (Wildman–Crippen MR) is 66.9 cm³/mol. The van der Waals surface area contributed by atoms with Crippen LogP contribution in [0.25, 0.3) is 0 Å². The summed E-state index contributed by atoms with van der Waals surface area (Å²) >= 11 is 0. The van der Waals surface area contributed by atoms with Gasteiger partial charge in [-0.15, -0.1) is 0 Å². The minimum atomic E-state index is -0.513. The van der Waals surface area contributed by atoms with Gasteiger partial charge in [0, 0.05) is 24.8 Å². The summed E-state index contributed by atoms with van der Waals surface area (Å²) in [6.45, 7) is 5.38. The lowest BCUT2D eigenvalue weighted by molar-refractivity contribution is 0.0966. The van der Waals surface area contributed by atoms with E-state index in [4.69, 9.17) is 0 Å². The van der Waals surface area contributed by atoms with Crippen molar-refractivity contribution in [2.24, 2.45) is 5.92 Å². The first-order chi connectivity index (χ1) is 8.09. The minimum Gasteiger partial charge on any atom is -0.393 e. The van der Waals surface area contributed by atoms with Crippen LogP contribution in [0.15, 0.2) is 18.3 Å². The van der Waals surface area contributed by atoms with Crippen molar-refractivity contribution < 1.29 is 10.2 Å². The van der Waals surface area contributed by atoms with Crippen molar-refractivity contribution >= 4 is 5.82 Å². The Bertz CT molecular complexity index is 381. The summed E-state index contributed by atoms with van der Waals surface area (Å²) in [6, 6.07) is 3.75. The van der Waals surface area contributed by atoms with Crippen LogP contribution in [0, 0.1) is 5.92 Å². The molecule has 1 aliphatic heterocycles. The zero-order chi connectivity index (χ0) is 12.4. The molecule has 0 spiro atoms. The summed E-state index contributed by atoms with van der Waals surface area (Å²) < 4.78 is 0. The molecule has 2 unspecified atom stereocenters. The van der Waals surface area contributed by atoms with E-state index < -0.39 is 6.10 Å². The van der Waals surface area contributed by atoms with Gasteiger partial charge in [-0.1, -0.05) is 13.0 Å². The number of aliphatic hydroxyl groups excluding tert-OH is 2. The van der Waals surface area contributed by atoms with Gasteiger partial charge in [-0.25, -0.2) is 4.98 Å². The van der Waals surface area contributed by atoms with Gasteiger partial charge in [0.25, 0.3) is 0 Å². The second-order valence-electron chi connectivity index (χ2n) is 4.87. The molecule has 3 atom stereocenters. The van der Waals surface area contributed by atoms with E-state index in [1.807, 2.05) is 19.1 Å². The van der Waals surface area contributed by atoms with E-state index >= 15 is 0 Å². The lowest BCUT2D eigenvalue weighted by Crippen LogP contribution is -2.42. The normalized spacial score (nSPS) is 26.9. The van der Waals surface area contributed by atoms with E-state index in [1.54, 1.807) is 13.1 Å². The number of piperidine rings is 1. The van der Waals surface area contributed by atoms with Crippen LogP contribution in [0.3, 0.4) is 0 Å². The van der Waals surface area contributed by atoms with Gasteiger partial charge in [0.15, 0.2) is 0 Å². The molecule has 0 aliphatic carbocycles. The van der Waals surface area contributed by atoms with Crippen LogP contribution in [0.4, 0.5) is 5.82 Å². The average molecular weight is 236 g/mol. The van der Waals surface area contributed by atoms with E-state index in [2.05, 4.69) is 9.88 Å². The van der Waals surface area contributed by atoms with Gasteiger partial charge >= 0.3 is 0 Å². The van der Waals surface area contributed by atoms with Gasteiger partial charge in [-0.2, -0.15) is 0 Å². The standard InChI is InChI=1S/C13H20N2O2/c1-9-8-15(7-5-12(9)17)13-11(10(2)16)4-3-6-14-13/h3-4,6,9-10,12,16-17H,5,7-8H2,1-2H3/t9?,10-,12?/m0/s1. The molecule has 0 aromatic carbocycles. The summed E-state index contributed by atoms with van der Waals surface area (Å²) in [5.41, 5.74) is 0.857. The highest BCUT2D eigenvalue weighted by molar-refractivity contribution is 5.48. The monoisotopic (exact) mass is 236 g/mol. The number of rotatable bonds is 2. The van der Waals surface area contributed by atoms with Gasteiger partial charge in [-0.05, 0) is 25.3 Å². The van der Waals surface area contributed by atoms with Crippen molar-refractivity contribution in [1.29, 1.82) is 0 Å². The Kier molecular flexibility index (Phi) is 3.64. The van der Waals surface area contributed by atoms with Gasteiger partial charge in [0.2, 0.25) is 0 Å². The Morgan fingerprint density at radius 3 is 2.94 bits per heavy atom. The molecular formula is C13H20N2O2. The van der Waals surface area contributed by atoms with Crippen molar-refractivity contribution in [3.8, 4) is 0 Å². The number of aliphatic hydroxyl groups is 2. The van der Waals surface area contributed by atoms with Crippen molar-refractivity contribution in [2.45, 2.75) is 32.5 Å². The van der Waals surface area contributed by atoms with E-state index in [9.17, 15) is 10.2 Å². The highest BCUT2D eigenvalue weighted by Crippen LogP contribution is 2.27. The quantitative estimate of drug-likeness (QED) is 0.813. The van der Waals surface area contributed by atoms with Crippen molar-refractivity contribution in [3.63, 3.8) is 0 Å². The first-order valence-electron chi connectivity index (χ1n) is 6.15. The molecule has 17 heavy (non-hydrogen) atoms. The number of pyridine rings is 1. The Balaban J connectivity index is 2.22. The van der Waals surface area contributed by atoms with Crippen molar-refractivity contribution in [2.75, 3.05) is 18.0 Å². The van der Waals surface area contributed by atoms with Crippen LogP contribution in [-0.4, -0.2) is 34.4 Å². The number of aromatic nitrogens is 1. The third-order valence-electron chi connectivity index (χ3n) is 3.43. The second kappa shape index (κ2) is 5.02. The van der Waals surface area contributed by atoms with E-state index in [0.29, 0.717) is 0 Å². The maximum absolute atomic E-state index is 9.74. The minimum absolute atomic E-state index is 0.218. The number of hydrogen-bond donors (Lipinski definition) is 2. The average Bonchev–Trinajstić information content (AvgIpc) is 2.32. The topological polar surface area (TPSA) is 56.6 Å². The molecule has 0 amide bonds. The van der Waals surface area contributed by atoms with Crippen LogP contribution >= 0.6 is 0 Å². The Hall–Kier alpha value is -1.13. The molecule has 0 bridgehead atoms. The molecule has 0 radical (unpaired) electrons. The SMILES string of the molecule is CC1CN(c2ncccc2[C@H](C)O)CCC1O. The third kappa shape index (κ3) is 2.58. The molecule has 94 valence electrons. The maximum atomic E-state index is 9.74. The number of hydrogen-bond acceptors (Lipinski definition) is 4. The molecule has 1 aromatic heterocycles. The molecule has 2 rings (SSSR count). The second-order valence-corrected chi connectivity index (χ2v) is 4.87. The number of nitrogens with zero attached hydrogens (tertiary/aromatic N) is 2. The Morgan fingerprint density at radius 2 is 2.29 bits per heavy atom. The molecule has 1 fully saturated rings. The van der Waals surface area contributed by atoms with Crippen LogP contribution < -0.4 is 4.90 Å². The summed E-state index contributed by atoms with van der Waals surface area (Å²) in [6.07, 6.45) is 1.78. The molecule has 1 aliphatic rings. The smallest absolute Gasteiger partial charge is 0.134 e. The summed E-state index contributed by atoms with van der Waals surface area (Å²) in [5, 5.41) is 19.5. The fourth-order valence-electron chi connectivity index (χ4n) is 2.33. The van der Waals surface area contributed by atoms with Crippen LogP contribution in [-0.2, 0) is 0 Å². The van der Waals surface area contributed by atoms with E-state index in [0.717, 1.165) is 30.9 Å². The first-order valence-corrected chi connectivity index (χ1v) is 6.15. The van der Waals surface area contributed by atoms with E-state index in [-0.39, 0.29) is 12.0 Å². The fraction of sp³-hybridized carbons (Fsp3) is 0.615. The van der Waals surface area contributed by atoms with Crippen LogP contribution in [0.5, 0.6) is 0 Å². The lowest BCUT2D eigenvalue weighted by atomic mass is 9.96. The van der Waals surface area contributed by atoms with Gasteiger partial charge in [0.1, 0.15) is 5.82 Å². The summed E-state index contributed by atoms with van der Waals surface area (Å²) in [4.78, 5) is 6.52. The first kappa shape index (κ1) is 12.3. The molecule has 0 saturated carbocycles. The molecule has 2 heterocycles. The Morgan fingerprint density at radius 1 is 1.53 bits per heavy atom. The number of anilines is 1. The van der Waals surface area contributed by atoms with Gasteiger partial charge < -0.3 is 15.1 Å².